The van der Waals surface area contributed by atoms with Gasteiger partial charge in [0, 0.05) is 5.39 Å². The van der Waals surface area contributed by atoms with Crippen molar-refractivity contribution >= 4 is 31.3 Å². The molecule has 1 aromatic carbocycles. The number of hydrogen-bond acceptors (Lipinski definition) is 3. The van der Waals surface area contributed by atoms with Crippen LogP contribution in [0.2, 0.25) is 18.1 Å². The molecule has 6 nitrogen and oxygen atoms in total. The highest BCUT2D eigenvalue weighted by atomic mass is 28.4. The number of benzene rings is 1. The molecule has 2 aromatic rings. The van der Waals surface area contributed by atoms with Gasteiger partial charge < -0.3 is 14.6 Å². The summed E-state index contributed by atoms with van der Waals surface area (Å²) in [4.78, 5) is 22.6. The van der Waals surface area contributed by atoms with E-state index in [4.69, 9.17) is 9.53 Å². The molecule has 0 amide bonds. The summed E-state index contributed by atoms with van der Waals surface area (Å²) in [5.41, 5.74) is 0.0504. The Morgan fingerprint density at radius 1 is 1.13 bits per heavy atom. The molecule has 2 rings (SSSR count). The van der Waals surface area contributed by atoms with E-state index >= 15 is 0 Å². The van der Waals surface area contributed by atoms with Crippen molar-refractivity contribution in [3.8, 4) is 5.75 Å². The molecule has 0 saturated heterocycles. The fourth-order valence-corrected chi connectivity index (χ4v) is 3.09. The van der Waals surface area contributed by atoms with E-state index in [9.17, 15) is 14.7 Å². The Kier molecular flexibility index (Phi) is 4.02. The van der Waals surface area contributed by atoms with E-state index in [2.05, 4.69) is 33.9 Å². The second-order valence-electron chi connectivity index (χ2n) is 7.04. The van der Waals surface area contributed by atoms with Crippen LogP contribution in [0.1, 0.15) is 31.3 Å². The Morgan fingerprint density at radius 3 is 2.22 bits per heavy atom. The summed E-state index contributed by atoms with van der Waals surface area (Å²) in [6.07, 6.45) is -1.32. The van der Waals surface area contributed by atoms with Crippen LogP contribution >= 0.6 is 0 Å². The Hall–Kier alpha value is -2.28. The van der Waals surface area contributed by atoms with Crippen LogP contribution in [-0.2, 0) is 0 Å². The first-order valence-corrected chi connectivity index (χ1v) is 10.2. The number of aromatic nitrogens is 1. The minimum atomic E-state index is -2.02. The van der Waals surface area contributed by atoms with Crippen molar-refractivity contribution in [1.82, 2.24) is 4.57 Å². The zero-order chi connectivity index (χ0) is 17.6. The first kappa shape index (κ1) is 17.1. The summed E-state index contributed by atoms with van der Waals surface area (Å²) in [7, 11) is -2.02. The largest absolute Gasteiger partial charge is 0.543 e. The number of rotatable bonds is 3. The molecule has 0 aliphatic heterocycles. The minimum Gasteiger partial charge on any atom is -0.543 e. The van der Waals surface area contributed by atoms with Crippen LogP contribution in [0, 0.1) is 0 Å². The first-order valence-electron chi connectivity index (χ1n) is 7.25. The second-order valence-corrected chi connectivity index (χ2v) is 11.8. The number of nitrogens with zero attached hydrogens (tertiary/aromatic N) is 1. The van der Waals surface area contributed by atoms with Crippen molar-refractivity contribution in [3.05, 3.63) is 30.0 Å². The fraction of sp³-hybridized carbons (Fsp3) is 0.375. The van der Waals surface area contributed by atoms with Crippen LogP contribution in [-0.4, -0.2) is 35.2 Å². The number of aromatic carboxylic acids is 1. The molecule has 0 atom stereocenters. The SMILES string of the molecule is CC(C)(C)[Si](C)(C)Oc1ccc2c(c1)cc(C(=O)O)n2C(=O)O. The number of hydrogen-bond donors (Lipinski definition) is 2. The van der Waals surface area contributed by atoms with Gasteiger partial charge in [0.05, 0.1) is 5.52 Å². The topological polar surface area (TPSA) is 88.8 Å². The highest BCUT2D eigenvalue weighted by Gasteiger charge is 2.39. The summed E-state index contributed by atoms with van der Waals surface area (Å²) in [6, 6.07) is 6.32. The van der Waals surface area contributed by atoms with Gasteiger partial charge in [-0.15, -0.1) is 0 Å². The maximum absolute atomic E-state index is 11.3. The third-order valence-electron chi connectivity index (χ3n) is 4.36. The average molecular weight is 335 g/mol. The summed E-state index contributed by atoms with van der Waals surface area (Å²) in [5, 5.41) is 19.0. The van der Waals surface area contributed by atoms with E-state index in [1.165, 1.54) is 6.07 Å². The smallest absolute Gasteiger partial charge is 0.416 e. The summed E-state index contributed by atoms with van der Waals surface area (Å²) >= 11 is 0. The molecular weight excluding hydrogens is 314 g/mol. The van der Waals surface area contributed by atoms with Crippen LogP contribution in [0.15, 0.2) is 24.3 Å². The normalized spacial score (nSPS) is 12.4. The van der Waals surface area contributed by atoms with Crippen molar-refractivity contribution in [3.63, 3.8) is 0 Å². The second kappa shape index (κ2) is 5.41. The number of carbonyl (C=O) groups is 2. The molecule has 0 unspecified atom stereocenters. The van der Waals surface area contributed by atoms with Gasteiger partial charge in [-0.1, -0.05) is 20.8 Å². The average Bonchev–Trinajstić information content (AvgIpc) is 2.75. The van der Waals surface area contributed by atoms with E-state index in [1.807, 2.05) is 0 Å². The molecule has 0 radical (unpaired) electrons. The maximum atomic E-state index is 11.3. The number of fused-ring (bicyclic) bond motifs is 1. The standard InChI is InChI=1S/C16H21NO5Si/c1-16(2,3)23(4,5)22-11-6-7-12-10(8-11)9-13(14(18)19)17(12)15(20)21/h6-9H,1-5H3,(H,18,19)(H,20,21). The molecule has 0 aliphatic carbocycles. The van der Waals surface area contributed by atoms with Crippen molar-refractivity contribution in [2.45, 2.75) is 38.9 Å². The summed E-state index contributed by atoms with van der Waals surface area (Å²) < 4.78 is 6.95. The predicted molar refractivity (Wildman–Crippen MR) is 90.1 cm³/mol. The van der Waals surface area contributed by atoms with E-state index in [0.717, 1.165) is 4.57 Å². The molecule has 0 saturated carbocycles. The van der Waals surface area contributed by atoms with Gasteiger partial charge in [-0.2, -0.15) is 0 Å². The minimum absolute atomic E-state index is 0.0289. The van der Waals surface area contributed by atoms with Gasteiger partial charge in [0.15, 0.2) is 0 Å². The molecule has 23 heavy (non-hydrogen) atoms. The Morgan fingerprint density at radius 2 is 1.74 bits per heavy atom. The van der Waals surface area contributed by atoms with Crippen molar-refractivity contribution in [2.75, 3.05) is 0 Å². The van der Waals surface area contributed by atoms with Crippen LogP contribution in [0.4, 0.5) is 4.79 Å². The van der Waals surface area contributed by atoms with E-state index < -0.39 is 20.4 Å². The van der Waals surface area contributed by atoms with E-state index in [0.29, 0.717) is 16.7 Å². The van der Waals surface area contributed by atoms with Crippen LogP contribution in [0.3, 0.4) is 0 Å². The van der Waals surface area contributed by atoms with E-state index in [1.54, 1.807) is 18.2 Å². The molecule has 2 N–H and O–H groups in total. The molecule has 0 bridgehead atoms. The highest BCUT2D eigenvalue weighted by molar-refractivity contribution is 6.74. The summed E-state index contributed by atoms with van der Waals surface area (Å²) in [6.45, 7) is 10.6. The maximum Gasteiger partial charge on any atom is 0.416 e. The third-order valence-corrected chi connectivity index (χ3v) is 8.72. The zero-order valence-corrected chi connectivity index (χ0v) is 14.9. The van der Waals surface area contributed by atoms with Gasteiger partial charge in [-0.05, 0) is 42.4 Å². The lowest BCUT2D eigenvalue weighted by Gasteiger charge is -2.36. The van der Waals surface area contributed by atoms with Crippen molar-refractivity contribution in [1.29, 1.82) is 0 Å². The molecule has 7 heteroatoms. The van der Waals surface area contributed by atoms with E-state index in [-0.39, 0.29) is 10.7 Å². The Labute approximate surface area is 135 Å². The molecule has 124 valence electrons. The van der Waals surface area contributed by atoms with Crippen LogP contribution in [0.25, 0.3) is 10.9 Å². The Balaban J connectivity index is 2.52. The lowest BCUT2D eigenvalue weighted by molar-refractivity contribution is 0.0684. The van der Waals surface area contributed by atoms with Gasteiger partial charge in [-0.25, -0.2) is 14.2 Å². The molecule has 0 fully saturated rings. The predicted octanol–water partition coefficient (Wildman–Crippen LogP) is 4.25. The highest BCUT2D eigenvalue weighted by Crippen LogP contribution is 2.38. The third kappa shape index (κ3) is 3.10. The molecular formula is C16H21NO5Si. The van der Waals surface area contributed by atoms with Gasteiger partial charge in [-0.3, -0.25) is 0 Å². The molecule has 0 aliphatic rings. The van der Waals surface area contributed by atoms with Crippen molar-refractivity contribution < 1.29 is 24.2 Å². The van der Waals surface area contributed by atoms with Gasteiger partial charge in [0.1, 0.15) is 11.4 Å². The van der Waals surface area contributed by atoms with Gasteiger partial charge in [0.25, 0.3) is 0 Å². The lowest BCUT2D eigenvalue weighted by Crippen LogP contribution is -2.43. The Bertz CT molecular complexity index is 786. The number of carboxylic acid groups (broad SMARTS) is 2. The van der Waals surface area contributed by atoms with Gasteiger partial charge >= 0.3 is 12.1 Å². The monoisotopic (exact) mass is 335 g/mol. The first-order chi connectivity index (χ1) is 10.4. The summed E-state index contributed by atoms with van der Waals surface area (Å²) in [5.74, 6) is -0.654. The zero-order valence-electron chi connectivity index (χ0n) is 13.9. The molecule has 1 aromatic heterocycles. The van der Waals surface area contributed by atoms with Crippen molar-refractivity contribution in [2.24, 2.45) is 0 Å². The number of carboxylic acids is 1. The molecule has 0 spiro atoms. The van der Waals surface area contributed by atoms with Crippen LogP contribution in [0.5, 0.6) is 5.75 Å². The fourth-order valence-electron chi connectivity index (χ4n) is 2.07. The molecule has 1 heterocycles. The lowest BCUT2D eigenvalue weighted by atomic mass is 10.2. The van der Waals surface area contributed by atoms with Gasteiger partial charge in [0.2, 0.25) is 8.32 Å². The quantitative estimate of drug-likeness (QED) is 0.819. The van der Waals surface area contributed by atoms with Crippen LogP contribution < -0.4 is 4.43 Å².